The highest BCUT2D eigenvalue weighted by Crippen LogP contribution is 2.34. The van der Waals surface area contributed by atoms with Gasteiger partial charge in [-0.3, -0.25) is 9.78 Å². The second kappa shape index (κ2) is 8.52. The third kappa shape index (κ3) is 4.47. The van der Waals surface area contributed by atoms with E-state index < -0.39 is 0 Å². The van der Waals surface area contributed by atoms with E-state index in [1.54, 1.807) is 12.4 Å². The van der Waals surface area contributed by atoms with Gasteiger partial charge in [0, 0.05) is 42.3 Å². The van der Waals surface area contributed by atoms with Crippen molar-refractivity contribution in [3.05, 3.63) is 64.9 Å². The van der Waals surface area contributed by atoms with Gasteiger partial charge in [-0.1, -0.05) is 23.5 Å². The van der Waals surface area contributed by atoms with Crippen molar-refractivity contribution < 1.29 is 9.53 Å². The number of hydrogen-bond donors (Lipinski definition) is 2. The Morgan fingerprint density at radius 2 is 2.09 bits per heavy atom. The first-order valence-corrected chi connectivity index (χ1v) is 11.7. The molecule has 5 rings (SSSR count). The molecule has 0 spiro atoms. The number of pyridine rings is 1. The number of fused-ring (bicyclic) bond motifs is 1. The fourth-order valence-corrected chi connectivity index (χ4v) is 5.39. The molecule has 0 aliphatic carbocycles. The Kier molecular flexibility index (Phi) is 5.57. The Morgan fingerprint density at radius 1 is 1.25 bits per heavy atom. The van der Waals surface area contributed by atoms with Crippen molar-refractivity contribution >= 4 is 33.8 Å². The number of anilines is 3. The van der Waals surface area contributed by atoms with Crippen molar-refractivity contribution in [1.82, 2.24) is 15.3 Å². The number of hydrogen-bond acceptors (Lipinski definition) is 7. The third-order valence-corrected chi connectivity index (χ3v) is 6.93. The summed E-state index contributed by atoms with van der Waals surface area (Å²) in [5.41, 5.74) is 3.93. The van der Waals surface area contributed by atoms with E-state index in [1.807, 2.05) is 26.0 Å². The van der Waals surface area contributed by atoms with E-state index in [0.29, 0.717) is 13.2 Å². The fraction of sp³-hybridized carbons (Fsp3) is 0.375. The molecule has 32 heavy (non-hydrogen) atoms. The van der Waals surface area contributed by atoms with Crippen LogP contribution >= 0.6 is 11.3 Å². The Balaban J connectivity index is 1.35. The topological polar surface area (TPSA) is 79.4 Å². The van der Waals surface area contributed by atoms with Gasteiger partial charge in [-0.15, -0.1) is 0 Å². The monoisotopic (exact) mass is 449 g/mol. The highest BCUT2D eigenvalue weighted by Gasteiger charge is 2.35. The van der Waals surface area contributed by atoms with Crippen LogP contribution in [-0.4, -0.2) is 47.2 Å². The highest BCUT2D eigenvalue weighted by molar-refractivity contribution is 7.17. The van der Waals surface area contributed by atoms with Gasteiger partial charge in [0.05, 0.1) is 24.9 Å². The maximum atomic E-state index is 12.6. The lowest BCUT2D eigenvalue weighted by Gasteiger charge is -2.35. The molecule has 8 heteroatoms. The molecule has 3 aromatic rings. The molecule has 2 aromatic heterocycles. The van der Waals surface area contributed by atoms with Crippen molar-refractivity contribution in [2.75, 3.05) is 30.0 Å². The van der Waals surface area contributed by atoms with E-state index in [2.05, 4.69) is 44.8 Å². The van der Waals surface area contributed by atoms with Crippen LogP contribution in [0.5, 0.6) is 0 Å². The van der Waals surface area contributed by atoms with E-state index in [1.165, 1.54) is 16.9 Å². The van der Waals surface area contributed by atoms with Crippen molar-refractivity contribution in [1.29, 1.82) is 0 Å². The van der Waals surface area contributed by atoms with Gasteiger partial charge in [0.25, 0.3) is 5.91 Å². The first kappa shape index (κ1) is 20.9. The summed E-state index contributed by atoms with van der Waals surface area (Å²) in [5.74, 6) is -0.0142. The predicted molar refractivity (Wildman–Crippen MR) is 127 cm³/mol. The average molecular weight is 450 g/mol. The molecule has 2 aliphatic heterocycles. The van der Waals surface area contributed by atoms with E-state index in [-0.39, 0.29) is 17.5 Å². The summed E-state index contributed by atoms with van der Waals surface area (Å²) in [6.07, 6.45) is 5.15. The van der Waals surface area contributed by atoms with Crippen LogP contribution in [-0.2, 0) is 17.6 Å². The standard InChI is InChI=1S/C24H27N5O2S/c1-24(2)14-20-21(22(30)28-24)32-23(27-20)29-10-11-31-15-19(29)13-16-4-3-5-18(12-16)26-17-6-8-25-9-7-17/h3-9,12,19H,10-11,13-15H2,1-2H3,(H,25,26)(H,28,30)/t19-/m0/s1. The summed E-state index contributed by atoms with van der Waals surface area (Å²) in [6, 6.07) is 12.5. The summed E-state index contributed by atoms with van der Waals surface area (Å²) in [5, 5.41) is 7.43. The van der Waals surface area contributed by atoms with Gasteiger partial charge in [-0.2, -0.15) is 0 Å². The van der Waals surface area contributed by atoms with Gasteiger partial charge in [0.15, 0.2) is 5.13 Å². The van der Waals surface area contributed by atoms with Crippen molar-refractivity contribution in [3.8, 4) is 0 Å². The lowest BCUT2D eigenvalue weighted by Crippen LogP contribution is -2.48. The number of amides is 1. The number of benzene rings is 1. The summed E-state index contributed by atoms with van der Waals surface area (Å²) in [6.45, 7) is 6.16. The smallest absolute Gasteiger partial charge is 0.263 e. The average Bonchev–Trinajstić information content (AvgIpc) is 3.18. The molecule has 1 atom stereocenters. The minimum Gasteiger partial charge on any atom is -0.377 e. The van der Waals surface area contributed by atoms with Gasteiger partial charge in [-0.25, -0.2) is 4.98 Å². The molecule has 0 bridgehead atoms. The summed E-state index contributed by atoms with van der Waals surface area (Å²) < 4.78 is 5.82. The van der Waals surface area contributed by atoms with E-state index in [9.17, 15) is 4.79 Å². The van der Waals surface area contributed by atoms with Crippen molar-refractivity contribution in [3.63, 3.8) is 0 Å². The van der Waals surface area contributed by atoms with Gasteiger partial charge in [-0.05, 0) is 50.1 Å². The number of aromatic nitrogens is 2. The Hall–Kier alpha value is -2.97. The zero-order chi connectivity index (χ0) is 22.1. The minimum atomic E-state index is -0.262. The molecule has 0 saturated carbocycles. The third-order valence-electron chi connectivity index (χ3n) is 5.79. The molecule has 1 fully saturated rings. The number of nitrogens with one attached hydrogen (secondary N) is 2. The number of thiazole rings is 1. The van der Waals surface area contributed by atoms with E-state index >= 15 is 0 Å². The second-order valence-corrected chi connectivity index (χ2v) is 9.95. The van der Waals surface area contributed by atoms with Gasteiger partial charge in [0.2, 0.25) is 0 Å². The van der Waals surface area contributed by atoms with Crippen LogP contribution in [0.4, 0.5) is 16.5 Å². The molecule has 7 nitrogen and oxygen atoms in total. The van der Waals surface area contributed by atoms with E-state index in [0.717, 1.165) is 46.5 Å². The van der Waals surface area contributed by atoms with Gasteiger partial charge >= 0.3 is 0 Å². The molecule has 0 radical (unpaired) electrons. The van der Waals surface area contributed by atoms with Crippen LogP contribution in [0.15, 0.2) is 48.8 Å². The Labute approximate surface area is 191 Å². The highest BCUT2D eigenvalue weighted by atomic mass is 32.1. The minimum absolute atomic E-state index is 0.0142. The Morgan fingerprint density at radius 3 is 2.94 bits per heavy atom. The number of ether oxygens (including phenoxy) is 1. The number of morpholine rings is 1. The molecule has 4 heterocycles. The lowest BCUT2D eigenvalue weighted by atomic mass is 9.94. The molecule has 2 N–H and O–H groups in total. The number of carbonyl (C=O) groups excluding carboxylic acids is 1. The van der Waals surface area contributed by atoms with Gasteiger partial charge < -0.3 is 20.3 Å². The van der Waals surface area contributed by atoms with Crippen LogP contribution in [0.3, 0.4) is 0 Å². The maximum Gasteiger partial charge on any atom is 0.263 e. The van der Waals surface area contributed by atoms with Crippen LogP contribution in [0, 0.1) is 0 Å². The summed E-state index contributed by atoms with van der Waals surface area (Å²) >= 11 is 1.50. The van der Waals surface area contributed by atoms with E-state index in [4.69, 9.17) is 9.72 Å². The van der Waals surface area contributed by atoms with Crippen LogP contribution in [0.2, 0.25) is 0 Å². The number of carbonyl (C=O) groups is 1. The molecule has 166 valence electrons. The van der Waals surface area contributed by atoms with Crippen LogP contribution < -0.4 is 15.5 Å². The normalized spacial score (nSPS) is 19.9. The second-order valence-electron chi connectivity index (χ2n) is 8.97. The maximum absolute atomic E-state index is 12.6. The van der Waals surface area contributed by atoms with Gasteiger partial charge in [0.1, 0.15) is 4.88 Å². The zero-order valence-electron chi connectivity index (χ0n) is 18.3. The van der Waals surface area contributed by atoms with Crippen LogP contribution in [0.1, 0.15) is 34.8 Å². The number of nitrogens with zero attached hydrogens (tertiary/aromatic N) is 3. The zero-order valence-corrected chi connectivity index (χ0v) is 19.1. The Bertz CT molecular complexity index is 1110. The molecular formula is C24H27N5O2S. The summed E-state index contributed by atoms with van der Waals surface area (Å²) in [4.78, 5) is 24.6. The molecule has 1 amide bonds. The van der Waals surface area contributed by atoms with Crippen molar-refractivity contribution in [2.45, 2.75) is 38.3 Å². The largest absolute Gasteiger partial charge is 0.377 e. The first-order chi connectivity index (χ1) is 15.5. The fourth-order valence-electron chi connectivity index (χ4n) is 4.31. The molecule has 1 aromatic carbocycles. The first-order valence-electron chi connectivity index (χ1n) is 10.9. The quantitative estimate of drug-likeness (QED) is 0.617. The molecule has 1 saturated heterocycles. The van der Waals surface area contributed by atoms with Crippen molar-refractivity contribution in [2.24, 2.45) is 0 Å². The SMILES string of the molecule is CC1(C)Cc2nc(N3CCOC[C@@H]3Cc3cccc(Nc4ccncc4)c3)sc2C(=O)N1. The predicted octanol–water partition coefficient (Wildman–Crippen LogP) is 3.79. The molecule has 2 aliphatic rings. The lowest BCUT2D eigenvalue weighted by molar-refractivity contribution is 0.0900. The molecular weight excluding hydrogens is 422 g/mol. The number of rotatable bonds is 5. The molecule has 0 unspecified atom stereocenters. The summed E-state index contributed by atoms with van der Waals surface area (Å²) in [7, 11) is 0. The van der Waals surface area contributed by atoms with Crippen LogP contribution in [0.25, 0.3) is 0 Å².